The summed E-state index contributed by atoms with van der Waals surface area (Å²) in [6.07, 6.45) is 4.24. The van der Waals surface area contributed by atoms with Crippen molar-refractivity contribution in [1.82, 2.24) is 14.5 Å². The summed E-state index contributed by atoms with van der Waals surface area (Å²) in [4.78, 5) is 9.35. The minimum Gasteiger partial charge on any atom is -0.508 e. The van der Waals surface area contributed by atoms with Gasteiger partial charge in [0.25, 0.3) is 0 Å². The number of aromatic hydroxyl groups is 1. The van der Waals surface area contributed by atoms with Crippen molar-refractivity contribution >= 4 is 22.9 Å². The summed E-state index contributed by atoms with van der Waals surface area (Å²) in [7, 11) is 0. The average Bonchev–Trinajstić information content (AvgIpc) is 3.15. The summed E-state index contributed by atoms with van der Waals surface area (Å²) in [5, 5.41) is 10.1. The third-order valence-corrected chi connectivity index (χ3v) is 5.38. The van der Waals surface area contributed by atoms with Gasteiger partial charge in [-0.25, -0.2) is 9.97 Å². The lowest BCUT2D eigenvalue weighted by Gasteiger charge is -2.13. The lowest BCUT2D eigenvalue weighted by atomic mass is 10.2. The summed E-state index contributed by atoms with van der Waals surface area (Å²) < 4.78 is 2.20. The summed E-state index contributed by atoms with van der Waals surface area (Å²) in [5.41, 5.74) is 2.94. The van der Waals surface area contributed by atoms with Gasteiger partial charge in [-0.2, -0.15) is 11.8 Å². The first-order valence-corrected chi connectivity index (χ1v) is 8.57. The lowest BCUT2D eigenvalue weighted by Crippen LogP contribution is -2.07. The van der Waals surface area contributed by atoms with Crippen LogP contribution in [0, 0.1) is 0 Å². The largest absolute Gasteiger partial charge is 0.508 e. The molecule has 1 N–H and O–H groups in total. The lowest BCUT2D eigenvalue weighted by molar-refractivity contribution is 0.474. The van der Waals surface area contributed by atoms with E-state index in [1.165, 1.54) is 18.6 Å². The second kappa shape index (κ2) is 5.65. The van der Waals surface area contributed by atoms with Crippen molar-refractivity contribution in [3.05, 3.63) is 54.0 Å². The molecule has 1 aliphatic rings. The molecule has 2 aromatic heterocycles. The Labute approximate surface area is 133 Å². The van der Waals surface area contributed by atoms with Crippen LogP contribution in [-0.2, 0) is 6.54 Å². The molecule has 22 heavy (non-hydrogen) atoms. The Kier molecular flexibility index (Phi) is 3.50. The Morgan fingerprint density at radius 3 is 3.05 bits per heavy atom. The summed E-state index contributed by atoms with van der Waals surface area (Å²) in [5.74, 6) is 2.61. The molecule has 1 unspecified atom stereocenters. The van der Waals surface area contributed by atoms with Crippen molar-refractivity contribution < 1.29 is 5.11 Å². The highest BCUT2D eigenvalue weighted by atomic mass is 32.2. The number of hydrogen-bond acceptors (Lipinski definition) is 4. The third kappa shape index (κ3) is 2.46. The fourth-order valence-corrected chi connectivity index (χ4v) is 4.28. The Balaban J connectivity index is 1.81. The normalized spacial score (nSPS) is 18.1. The maximum absolute atomic E-state index is 9.69. The van der Waals surface area contributed by atoms with Crippen molar-refractivity contribution in [3.8, 4) is 5.75 Å². The Bertz CT molecular complexity index is 809. The molecule has 1 saturated heterocycles. The smallest absolute Gasteiger partial charge is 0.160 e. The van der Waals surface area contributed by atoms with Crippen LogP contribution in [0.25, 0.3) is 11.2 Å². The number of aromatic nitrogens is 3. The van der Waals surface area contributed by atoms with Gasteiger partial charge >= 0.3 is 0 Å². The van der Waals surface area contributed by atoms with Crippen LogP contribution in [0.2, 0.25) is 0 Å². The van der Waals surface area contributed by atoms with E-state index in [0.29, 0.717) is 17.5 Å². The number of hydrogen-bond donors (Lipinski definition) is 1. The molecule has 112 valence electrons. The molecule has 0 spiro atoms. The first-order valence-electron chi connectivity index (χ1n) is 7.52. The first kappa shape index (κ1) is 13.6. The van der Waals surface area contributed by atoms with E-state index in [4.69, 9.17) is 4.98 Å². The monoisotopic (exact) mass is 311 g/mol. The van der Waals surface area contributed by atoms with Crippen LogP contribution in [0.4, 0.5) is 0 Å². The minimum atomic E-state index is 0.298. The van der Waals surface area contributed by atoms with Crippen LogP contribution < -0.4 is 0 Å². The zero-order valence-corrected chi connectivity index (χ0v) is 13.0. The predicted octanol–water partition coefficient (Wildman–Crippen LogP) is 3.75. The molecule has 1 fully saturated rings. The van der Waals surface area contributed by atoms with E-state index in [0.717, 1.165) is 22.6 Å². The maximum Gasteiger partial charge on any atom is 0.160 e. The van der Waals surface area contributed by atoms with Gasteiger partial charge in [-0.05, 0) is 48.4 Å². The van der Waals surface area contributed by atoms with E-state index in [1.54, 1.807) is 12.1 Å². The fraction of sp³-hybridized carbons (Fsp3) is 0.294. The van der Waals surface area contributed by atoms with Crippen LogP contribution in [0.3, 0.4) is 0 Å². The van der Waals surface area contributed by atoms with Gasteiger partial charge in [0.05, 0.1) is 11.8 Å². The van der Waals surface area contributed by atoms with Crippen molar-refractivity contribution in [2.45, 2.75) is 24.6 Å². The molecule has 0 amide bonds. The summed E-state index contributed by atoms with van der Waals surface area (Å²) in [6.45, 7) is 0.689. The van der Waals surface area contributed by atoms with Crippen LogP contribution in [-0.4, -0.2) is 25.4 Å². The second-order valence-corrected chi connectivity index (χ2v) is 6.88. The number of phenols is 1. The van der Waals surface area contributed by atoms with Gasteiger partial charge in [-0.15, -0.1) is 0 Å². The predicted molar refractivity (Wildman–Crippen MR) is 89.2 cm³/mol. The molecule has 4 nitrogen and oxygen atoms in total. The van der Waals surface area contributed by atoms with E-state index in [2.05, 4.69) is 9.55 Å². The molecule has 0 radical (unpaired) electrons. The number of rotatable bonds is 3. The topological polar surface area (TPSA) is 50.9 Å². The van der Waals surface area contributed by atoms with E-state index < -0.39 is 0 Å². The van der Waals surface area contributed by atoms with Gasteiger partial charge in [0, 0.05) is 6.20 Å². The molecule has 0 saturated carbocycles. The number of imidazole rings is 1. The van der Waals surface area contributed by atoms with Crippen LogP contribution in [0.5, 0.6) is 5.75 Å². The fourth-order valence-electron chi connectivity index (χ4n) is 3.00. The van der Waals surface area contributed by atoms with E-state index in [1.807, 2.05) is 42.2 Å². The van der Waals surface area contributed by atoms with Crippen molar-refractivity contribution in [1.29, 1.82) is 0 Å². The molecule has 1 atom stereocenters. The number of phenolic OH excluding ortho intramolecular Hbond substituents is 1. The van der Waals surface area contributed by atoms with Crippen LogP contribution in [0.15, 0.2) is 42.6 Å². The summed E-state index contributed by atoms with van der Waals surface area (Å²) in [6, 6.07) is 11.4. The second-order valence-electron chi connectivity index (χ2n) is 5.57. The zero-order valence-electron chi connectivity index (χ0n) is 12.1. The molecule has 0 aliphatic carbocycles. The van der Waals surface area contributed by atoms with Gasteiger partial charge in [0.2, 0.25) is 0 Å². The average molecular weight is 311 g/mol. The van der Waals surface area contributed by atoms with E-state index in [9.17, 15) is 5.11 Å². The molecule has 4 rings (SSSR count). The Morgan fingerprint density at radius 2 is 2.23 bits per heavy atom. The zero-order chi connectivity index (χ0) is 14.9. The Hall–Kier alpha value is -2.01. The van der Waals surface area contributed by atoms with Gasteiger partial charge in [-0.3, -0.25) is 0 Å². The van der Waals surface area contributed by atoms with Crippen molar-refractivity contribution in [2.24, 2.45) is 0 Å². The number of pyridine rings is 1. The van der Waals surface area contributed by atoms with Crippen molar-refractivity contribution in [3.63, 3.8) is 0 Å². The van der Waals surface area contributed by atoms with E-state index in [-0.39, 0.29) is 0 Å². The van der Waals surface area contributed by atoms with E-state index >= 15 is 0 Å². The first-order chi connectivity index (χ1) is 10.8. The number of benzene rings is 1. The van der Waals surface area contributed by atoms with Gasteiger partial charge < -0.3 is 9.67 Å². The molecule has 3 heterocycles. The maximum atomic E-state index is 9.69. The number of fused-ring (bicyclic) bond motifs is 1. The quantitative estimate of drug-likeness (QED) is 0.800. The standard InChI is InChI=1S/C17H17N3OS/c21-13-5-1-4-12(10-13)11-20-16-14(6-2-8-18-16)19-17(20)15-7-3-9-22-15/h1-2,4-6,8,10,15,21H,3,7,9,11H2. The molecule has 5 heteroatoms. The molecule has 3 aromatic rings. The van der Waals surface area contributed by atoms with Crippen LogP contribution in [0.1, 0.15) is 29.5 Å². The van der Waals surface area contributed by atoms with Gasteiger partial charge in [0.1, 0.15) is 17.1 Å². The SMILES string of the molecule is Oc1cccc(Cn2c(C3CCCS3)nc3cccnc32)c1. The molecule has 0 bridgehead atoms. The molecule has 1 aliphatic heterocycles. The Morgan fingerprint density at radius 1 is 1.27 bits per heavy atom. The molecular weight excluding hydrogens is 294 g/mol. The third-order valence-electron chi connectivity index (χ3n) is 4.00. The molecular formula is C17H17N3OS. The minimum absolute atomic E-state index is 0.298. The molecule has 1 aromatic carbocycles. The van der Waals surface area contributed by atoms with Gasteiger partial charge in [0.15, 0.2) is 5.65 Å². The van der Waals surface area contributed by atoms with Crippen LogP contribution >= 0.6 is 11.8 Å². The number of thioether (sulfide) groups is 1. The van der Waals surface area contributed by atoms with Gasteiger partial charge in [-0.1, -0.05) is 12.1 Å². The highest BCUT2D eigenvalue weighted by Crippen LogP contribution is 2.40. The highest BCUT2D eigenvalue weighted by molar-refractivity contribution is 7.99. The van der Waals surface area contributed by atoms with Crippen molar-refractivity contribution in [2.75, 3.05) is 5.75 Å². The highest BCUT2D eigenvalue weighted by Gasteiger charge is 2.24. The number of nitrogens with zero attached hydrogens (tertiary/aromatic N) is 3. The summed E-state index contributed by atoms with van der Waals surface area (Å²) >= 11 is 1.98.